The molecule has 0 saturated carbocycles. The summed E-state index contributed by atoms with van der Waals surface area (Å²) in [4.78, 5) is 12.9. The highest BCUT2D eigenvalue weighted by atomic mass is 35.5. The highest BCUT2D eigenvalue weighted by Gasteiger charge is 2.16. The van der Waals surface area contributed by atoms with E-state index in [9.17, 15) is 8.78 Å². The molecule has 0 atom stereocenters. The van der Waals surface area contributed by atoms with Gasteiger partial charge in [-0.15, -0.1) is 0 Å². The van der Waals surface area contributed by atoms with Gasteiger partial charge in [0.1, 0.15) is 11.6 Å². The van der Waals surface area contributed by atoms with Crippen molar-refractivity contribution in [1.29, 1.82) is 0 Å². The molecule has 0 saturated heterocycles. The quantitative estimate of drug-likeness (QED) is 0.489. The lowest BCUT2D eigenvalue weighted by Crippen LogP contribution is -2.03. The number of benzene rings is 1. The molecule has 4 rings (SSSR count). The Kier molecular flexibility index (Phi) is 4.85. The summed E-state index contributed by atoms with van der Waals surface area (Å²) < 4.78 is 30.4. The topological polar surface area (TPSA) is 48.5 Å². The van der Waals surface area contributed by atoms with E-state index in [2.05, 4.69) is 15.0 Å². The molecule has 27 heavy (non-hydrogen) atoms. The first-order valence-corrected chi connectivity index (χ1v) is 8.85. The van der Waals surface area contributed by atoms with Gasteiger partial charge >= 0.3 is 0 Å². The number of rotatable bonds is 6. The number of aromatic nitrogens is 5. The van der Waals surface area contributed by atoms with Crippen molar-refractivity contribution in [3.63, 3.8) is 0 Å². The Morgan fingerprint density at radius 3 is 2.78 bits per heavy atom. The molecule has 1 aromatic carbocycles. The van der Waals surface area contributed by atoms with Crippen molar-refractivity contribution in [3.8, 4) is 11.4 Å². The lowest BCUT2D eigenvalue weighted by atomic mass is 10.2. The summed E-state index contributed by atoms with van der Waals surface area (Å²) in [6, 6.07) is 4.80. The van der Waals surface area contributed by atoms with E-state index in [1.54, 1.807) is 24.9 Å². The van der Waals surface area contributed by atoms with Gasteiger partial charge in [0, 0.05) is 43.0 Å². The van der Waals surface area contributed by atoms with E-state index in [1.807, 2.05) is 21.4 Å². The van der Waals surface area contributed by atoms with Crippen LogP contribution < -0.4 is 0 Å². The molecule has 0 unspecified atom stereocenters. The number of fused-ring (bicyclic) bond motifs is 1. The molecule has 0 fully saturated rings. The number of pyridine rings is 1. The molecule has 0 aliphatic heterocycles. The Labute approximate surface area is 159 Å². The number of halogens is 3. The normalized spacial score (nSPS) is 11.4. The van der Waals surface area contributed by atoms with Crippen LogP contribution in [0.4, 0.5) is 8.78 Å². The van der Waals surface area contributed by atoms with Crippen LogP contribution in [-0.2, 0) is 13.1 Å². The monoisotopic (exact) mass is 387 g/mol. The molecule has 0 radical (unpaired) electrons. The van der Waals surface area contributed by atoms with Crippen molar-refractivity contribution in [1.82, 2.24) is 24.1 Å². The van der Waals surface area contributed by atoms with Gasteiger partial charge in [0.15, 0.2) is 0 Å². The van der Waals surface area contributed by atoms with Crippen LogP contribution in [0.1, 0.15) is 12.0 Å². The molecular formula is C19H16ClF2N5. The summed E-state index contributed by atoms with van der Waals surface area (Å²) in [5, 5.41) is 0.0161. The fourth-order valence-corrected chi connectivity index (χ4v) is 3.23. The van der Waals surface area contributed by atoms with Gasteiger partial charge in [-0.1, -0.05) is 11.6 Å². The summed E-state index contributed by atoms with van der Waals surface area (Å²) in [6.07, 6.45) is 9.11. The molecule has 138 valence electrons. The molecule has 0 amide bonds. The SMILES string of the molecule is FCCCn1c(-c2cncc(Cn3ccnc3)c2)nc2cc(F)c(Cl)cc21. The predicted molar refractivity (Wildman–Crippen MR) is 99.9 cm³/mol. The minimum Gasteiger partial charge on any atom is -0.333 e. The van der Waals surface area contributed by atoms with Gasteiger partial charge < -0.3 is 9.13 Å². The molecule has 0 aliphatic rings. The van der Waals surface area contributed by atoms with Crippen molar-refractivity contribution >= 4 is 22.6 Å². The second-order valence-electron chi connectivity index (χ2n) is 6.20. The Morgan fingerprint density at radius 1 is 1.11 bits per heavy atom. The van der Waals surface area contributed by atoms with E-state index >= 15 is 0 Å². The summed E-state index contributed by atoms with van der Waals surface area (Å²) in [5.41, 5.74) is 2.90. The second kappa shape index (κ2) is 7.44. The molecule has 0 N–H and O–H groups in total. The van der Waals surface area contributed by atoms with E-state index in [1.165, 1.54) is 12.1 Å². The number of alkyl halides is 1. The Bertz CT molecular complexity index is 1080. The first-order chi connectivity index (χ1) is 13.2. The van der Waals surface area contributed by atoms with Crippen molar-refractivity contribution in [2.24, 2.45) is 0 Å². The minimum absolute atomic E-state index is 0.0161. The van der Waals surface area contributed by atoms with Gasteiger partial charge in [-0.3, -0.25) is 9.37 Å². The average molecular weight is 388 g/mol. The van der Waals surface area contributed by atoms with E-state index in [-0.39, 0.29) is 5.02 Å². The molecule has 0 bridgehead atoms. The van der Waals surface area contributed by atoms with Gasteiger partial charge in [0.05, 0.1) is 35.6 Å². The summed E-state index contributed by atoms with van der Waals surface area (Å²) in [6.45, 7) is 0.578. The maximum absolute atomic E-state index is 13.9. The molecule has 0 aliphatic carbocycles. The number of aryl methyl sites for hydroxylation is 1. The first-order valence-electron chi connectivity index (χ1n) is 8.47. The smallest absolute Gasteiger partial charge is 0.144 e. The molecule has 3 aromatic heterocycles. The second-order valence-corrected chi connectivity index (χ2v) is 6.61. The number of imidazole rings is 2. The average Bonchev–Trinajstić information content (AvgIpc) is 3.29. The summed E-state index contributed by atoms with van der Waals surface area (Å²) in [5.74, 6) is 0.0814. The van der Waals surface area contributed by atoms with Crippen molar-refractivity contribution in [2.75, 3.05) is 6.67 Å². The first kappa shape index (κ1) is 17.6. The minimum atomic E-state index is -0.530. The molecule has 0 spiro atoms. The molecule has 8 heteroatoms. The van der Waals surface area contributed by atoms with Crippen LogP contribution in [-0.4, -0.2) is 30.8 Å². The van der Waals surface area contributed by atoms with Gasteiger partial charge in [-0.25, -0.2) is 14.4 Å². The van der Waals surface area contributed by atoms with Gasteiger partial charge in [0.25, 0.3) is 0 Å². The highest BCUT2D eigenvalue weighted by molar-refractivity contribution is 6.31. The zero-order valence-corrected chi connectivity index (χ0v) is 15.1. The van der Waals surface area contributed by atoms with Crippen LogP contribution >= 0.6 is 11.6 Å². The van der Waals surface area contributed by atoms with E-state index in [0.29, 0.717) is 36.4 Å². The van der Waals surface area contributed by atoms with E-state index in [0.717, 1.165) is 11.1 Å². The Balaban J connectivity index is 1.80. The molecular weight excluding hydrogens is 372 g/mol. The number of hydrogen-bond donors (Lipinski definition) is 0. The van der Waals surface area contributed by atoms with Crippen LogP contribution in [0.2, 0.25) is 5.02 Å². The molecule has 3 heterocycles. The third-order valence-electron chi connectivity index (χ3n) is 4.28. The standard InChI is InChI=1S/C19H16ClF2N5/c20-15-7-18-17(8-16(15)22)25-19(27(18)4-1-2-21)14-6-13(9-24-10-14)11-26-5-3-23-12-26/h3,5-10,12H,1-2,4,11H2. The van der Waals surface area contributed by atoms with Crippen LogP contribution in [0, 0.1) is 5.82 Å². The van der Waals surface area contributed by atoms with Gasteiger partial charge in [0.2, 0.25) is 0 Å². The fraction of sp³-hybridized carbons (Fsp3) is 0.211. The van der Waals surface area contributed by atoms with Crippen molar-refractivity contribution in [2.45, 2.75) is 19.5 Å². The zero-order valence-electron chi connectivity index (χ0n) is 14.3. The zero-order chi connectivity index (χ0) is 18.8. The van der Waals surface area contributed by atoms with Gasteiger partial charge in [-0.2, -0.15) is 0 Å². The van der Waals surface area contributed by atoms with Crippen molar-refractivity contribution < 1.29 is 8.78 Å². The summed E-state index contributed by atoms with van der Waals surface area (Å²) in [7, 11) is 0. The molecule has 4 aromatic rings. The largest absolute Gasteiger partial charge is 0.333 e. The summed E-state index contributed by atoms with van der Waals surface area (Å²) >= 11 is 5.94. The van der Waals surface area contributed by atoms with Crippen molar-refractivity contribution in [3.05, 3.63) is 65.7 Å². The maximum Gasteiger partial charge on any atom is 0.144 e. The fourth-order valence-electron chi connectivity index (χ4n) is 3.07. The van der Waals surface area contributed by atoms with Gasteiger partial charge in [-0.05, 0) is 24.1 Å². The van der Waals surface area contributed by atoms with Crippen LogP contribution in [0.5, 0.6) is 0 Å². The Hall–Kier alpha value is -2.80. The highest BCUT2D eigenvalue weighted by Crippen LogP contribution is 2.29. The van der Waals surface area contributed by atoms with Crippen LogP contribution in [0.15, 0.2) is 49.3 Å². The number of hydrogen-bond acceptors (Lipinski definition) is 3. The Morgan fingerprint density at radius 2 is 2.00 bits per heavy atom. The maximum atomic E-state index is 13.9. The van der Waals surface area contributed by atoms with E-state index < -0.39 is 12.5 Å². The lowest BCUT2D eigenvalue weighted by Gasteiger charge is -2.10. The van der Waals surface area contributed by atoms with Crippen LogP contribution in [0.25, 0.3) is 22.4 Å². The number of nitrogens with zero attached hydrogens (tertiary/aromatic N) is 5. The third-order valence-corrected chi connectivity index (χ3v) is 4.57. The third kappa shape index (κ3) is 3.55. The van der Waals surface area contributed by atoms with Crippen LogP contribution in [0.3, 0.4) is 0 Å². The van der Waals surface area contributed by atoms with E-state index in [4.69, 9.17) is 11.6 Å². The predicted octanol–water partition coefficient (Wildman–Crippen LogP) is 4.50. The lowest BCUT2D eigenvalue weighted by molar-refractivity contribution is 0.450. The molecule has 5 nitrogen and oxygen atoms in total.